The first-order valence-corrected chi connectivity index (χ1v) is 7.86. The highest BCUT2D eigenvalue weighted by molar-refractivity contribution is 7.99. The zero-order chi connectivity index (χ0) is 16.7. The van der Waals surface area contributed by atoms with Crippen LogP contribution in [-0.4, -0.2) is 39.5 Å². The Labute approximate surface area is 137 Å². The lowest BCUT2D eigenvalue weighted by Gasteiger charge is -2.06. The zero-order valence-corrected chi connectivity index (χ0v) is 13.4. The highest BCUT2D eigenvalue weighted by Gasteiger charge is 2.16. The summed E-state index contributed by atoms with van der Waals surface area (Å²) in [6, 6.07) is 3.06. The van der Waals surface area contributed by atoms with E-state index in [1.54, 1.807) is 24.5 Å². The summed E-state index contributed by atoms with van der Waals surface area (Å²) in [5.41, 5.74) is 0. The van der Waals surface area contributed by atoms with Crippen LogP contribution in [0.1, 0.15) is 6.42 Å². The number of aromatic nitrogens is 3. The fourth-order valence-electron chi connectivity index (χ4n) is 1.76. The summed E-state index contributed by atoms with van der Waals surface area (Å²) in [6.45, 7) is 4.25. The Morgan fingerprint density at radius 3 is 2.96 bits per heavy atom. The van der Waals surface area contributed by atoms with Crippen molar-refractivity contribution in [3.63, 3.8) is 0 Å². The monoisotopic (exact) mass is 335 g/mol. The first kappa shape index (κ1) is 16.8. The van der Waals surface area contributed by atoms with E-state index in [0.717, 1.165) is 0 Å². The van der Waals surface area contributed by atoms with Crippen molar-refractivity contribution in [2.45, 2.75) is 18.1 Å². The Hall–Kier alpha value is -2.55. The molecule has 2 aromatic rings. The first-order chi connectivity index (χ1) is 11.2. The van der Waals surface area contributed by atoms with Crippen LogP contribution in [0.4, 0.5) is 4.79 Å². The fraction of sp³-hybridized carbons (Fsp3) is 0.286. The van der Waals surface area contributed by atoms with E-state index in [0.29, 0.717) is 29.0 Å². The molecule has 0 bridgehead atoms. The number of nitrogens with zero attached hydrogens (tertiary/aromatic N) is 3. The van der Waals surface area contributed by atoms with Crippen molar-refractivity contribution in [3.8, 4) is 11.6 Å². The Kier molecular flexibility index (Phi) is 5.98. The minimum Gasteiger partial charge on any atom is -0.461 e. The Balaban J connectivity index is 1.99. The molecule has 8 nitrogen and oxygen atoms in total. The number of thioether (sulfide) groups is 1. The minimum absolute atomic E-state index is 0.190. The molecule has 0 unspecified atom stereocenters. The number of urea groups is 1. The summed E-state index contributed by atoms with van der Waals surface area (Å²) in [5.74, 6) is 1.34. The van der Waals surface area contributed by atoms with E-state index in [4.69, 9.17) is 4.42 Å². The molecule has 0 atom stereocenters. The molecular formula is C14H17N5O3S. The number of allylic oxidation sites excluding steroid dienone is 1. The quantitative estimate of drug-likeness (QED) is 0.589. The van der Waals surface area contributed by atoms with Crippen molar-refractivity contribution in [1.82, 2.24) is 25.4 Å². The van der Waals surface area contributed by atoms with Crippen LogP contribution in [0.25, 0.3) is 11.6 Å². The average molecular weight is 335 g/mol. The molecule has 0 aliphatic carbocycles. The molecule has 0 saturated heterocycles. The second-order valence-electron chi connectivity index (χ2n) is 4.41. The molecule has 23 heavy (non-hydrogen) atoms. The molecule has 0 spiro atoms. The smallest absolute Gasteiger partial charge is 0.321 e. The van der Waals surface area contributed by atoms with Crippen LogP contribution in [0.5, 0.6) is 0 Å². The molecule has 2 N–H and O–H groups in total. The summed E-state index contributed by atoms with van der Waals surface area (Å²) < 4.78 is 7.20. The number of furan rings is 1. The Morgan fingerprint density at radius 1 is 1.48 bits per heavy atom. The summed E-state index contributed by atoms with van der Waals surface area (Å²) in [6.07, 6.45) is 3.49. The van der Waals surface area contributed by atoms with Gasteiger partial charge in [0, 0.05) is 25.8 Å². The van der Waals surface area contributed by atoms with Gasteiger partial charge in [-0.1, -0.05) is 17.8 Å². The summed E-state index contributed by atoms with van der Waals surface area (Å²) in [7, 11) is 1.45. The first-order valence-electron chi connectivity index (χ1n) is 6.88. The fourth-order valence-corrected chi connectivity index (χ4v) is 2.65. The van der Waals surface area contributed by atoms with Crippen molar-refractivity contribution < 1.29 is 14.0 Å². The normalized spacial score (nSPS) is 10.3. The van der Waals surface area contributed by atoms with E-state index in [2.05, 4.69) is 27.4 Å². The standard InChI is InChI=1S/C14H17N5O3S/c1-3-7-19-12(10-5-4-8-22-10)17-18-14(19)23-9-6-11(20)16-13(21)15-2/h3-5,8H,1,6-7,9H2,2H3,(H2,15,16,20,21). The van der Waals surface area contributed by atoms with E-state index in [1.807, 2.05) is 4.57 Å². The average Bonchev–Trinajstić information content (AvgIpc) is 3.17. The van der Waals surface area contributed by atoms with Crippen LogP contribution >= 0.6 is 11.8 Å². The number of carbonyl (C=O) groups is 2. The van der Waals surface area contributed by atoms with Crippen LogP contribution in [0, 0.1) is 0 Å². The number of nitrogens with one attached hydrogen (secondary N) is 2. The Bertz CT molecular complexity index is 681. The number of carbonyl (C=O) groups excluding carboxylic acids is 2. The molecule has 0 fully saturated rings. The molecule has 3 amide bonds. The third-order valence-electron chi connectivity index (χ3n) is 2.81. The molecule has 0 saturated carbocycles. The molecule has 0 aliphatic rings. The van der Waals surface area contributed by atoms with E-state index in [1.165, 1.54) is 18.8 Å². The highest BCUT2D eigenvalue weighted by Crippen LogP contribution is 2.24. The third kappa shape index (κ3) is 4.46. The van der Waals surface area contributed by atoms with Gasteiger partial charge in [-0.2, -0.15) is 0 Å². The molecule has 0 aliphatic heterocycles. The topological polar surface area (TPSA) is 102 Å². The van der Waals surface area contributed by atoms with Crippen molar-refractivity contribution in [3.05, 3.63) is 31.1 Å². The van der Waals surface area contributed by atoms with Gasteiger partial charge in [0.2, 0.25) is 11.7 Å². The second-order valence-corrected chi connectivity index (χ2v) is 5.47. The Morgan fingerprint density at radius 2 is 2.30 bits per heavy atom. The van der Waals surface area contributed by atoms with Crippen molar-refractivity contribution >= 4 is 23.7 Å². The molecule has 2 heterocycles. The number of amides is 3. The molecular weight excluding hydrogens is 318 g/mol. The van der Waals surface area contributed by atoms with Gasteiger partial charge in [-0.05, 0) is 12.1 Å². The maximum atomic E-state index is 11.5. The minimum atomic E-state index is -0.519. The van der Waals surface area contributed by atoms with E-state index in [-0.39, 0.29) is 12.3 Å². The lowest BCUT2D eigenvalue weighted by atomic mass is 10.4. The van der Waals surface area contributed by atoms with Crippen LogP contribution in [0.15, 0.2) is 40.6 Å². The number of hydrogen-bond acceptors (Lipinski definition) is 6. The predicted octanol–water partition coefficient (Wildman–Crippen LogP) is 1.66. The molecule has 0 radical (unpaired) electrons. The molecule has 2 aromatic heterocycles. The summed E-state index contributed by atoms with van der Waals surface area (Å²) in [5, 5.41) is 13.4. The maximum Gasteiger partial charge on any atom is 0.321 e. The molecule has 2 rings (SSSR count). The van der Waals surface area contributed by atoms with Crippen LogP contribution in [-0.2, 0) is 11.3 Å². The van der Waals surface area contributed by atoms with Crippen molar-refractivity contribution in [1.29, 1.82) is 0 Å². The lowest BCUT2D eigenvalue weighted by molar-refractivity contribution is -0.119. The lowest BCUT2D eigenvalue weighted by Crippen LogP contribution is -2.37. The second kappa shape index (κ2) is 8.18. The number of rotatable bonds is 7. The van der Waals surface area contributed by atoms with E-state index in [9.17, 15) is 9.59 Å². The van der Waals surface area contributed by atoms with Gasteiger partial charge in [0.15, 0.2) is 10.9 Å². The van der Waals surface area contributed by atoms with Gasteiger partial charge in [0.05, 0.1) is 6.26 Å². The number of hydrogen-bond donors (Lipinski definition) is 2. The maximum absolute atomic E-state index is 11.5. The van der Waals surface area contributed by atoms with Gasteiger partial charge in [-0.15, -0.1) is 16.8 Å². The largest absolute Gasteiger partial charge is 0.461 e. The van der Waals surface area contributed by atoms with Gasteiger partial charge in [0.25, 0.3) is 0 Å². The highest BCUT2D eigenvalue weighted by atomic mass is 32.2. The van der Waals surface area contributed by atoms with Crippen molar-refractivity contribution in [2.75, 3.05) is 12.8 Å². The molecule has 9 heteroatoms. The van der Waals surface area contributed by atoms with Gasteiger partial charge < -0.3 is 9.73 Å². The number of imide groups is 1. The summed E-state index contributed by atoms with van der Waals surface area (Å²) in [4.78, 5) is 22.6. The van der Waals surface area contributed by atoms with E-state index >= 15 is 0 Å². The molecule has 122 valence electrons. The SMILES string of the molecule is C=CCn1c(SCCC(=O)NC(=O)NC)nnc1-c1ccco1. The predicted molar refractivity (Wildman–Crippen MR) is 85.9 cm³/mol. The van der Waals surface area contributed by atoms with Crippen LogP contribution in [0.3, 0.4) is 0 Å². The van der Waals surface area contributed by atoms with Crippen LogP contribution < -0.4 is 10.6 Å². The molecule has 0 aromatic carbocycles. The van der Waals surface area contributed by atoms with Gasteiger partial charge in [-0.3, -0.25) is 14.7 Å². The van der Waals surface area contributed by atoms with Crippen LogP contribution in [0.2, 0.25) is 0 Å². The van der Waals surface area contributed by atoms with Gasteiger partial charge in [-0.25, -0.2) is 4.79 Å². The third-order valence-corrected chi connectivity index (χ3v) is 3.78. The van der Waals surface area contributed by atoms with E-state index < -0.39 is 6.03 Å². The van der Waals surface area contributed by atoms with Crippen molar-refractivity contribution in [2.24, 2.45) is 0 Å². The van der Waals surface area contributed by atoms with Gasteiger partial charge >= 0.3 is 6.03 Å². The van der Waals surface area contributed by atoms with Gasteiger partial charge in [0.1, 0.15) is 0 Å². The summed E-state index contributed by atoms with van der Waals surface area (Å²) >= 11 is 1.38. The zero-order valence-electron chi connectivity index (χ0n) is 12.6.